The summed E-state index contributed by atoms with van der Waals surface area (Å²) in [5.74, 6) is 0.287. The fraction of sp³-hybridized carbons (Fsp3) is 0.846. The normalized spacial score (nSPS) is 16.1. The second-order valence-electron chi connectivity index (χ2n) is 4.85. The molecule has 2 N–H and O–H groups in total. The minimum absolute atomic E-state index is 0.287. The molecule has 0 heterocycles. The van der Waals surface area contributed by atoms with Gasteiger partial charge in [-0.25, -0.2) is 0 Å². The van der Waals surface area contributed by atoms with E-state index in [1.807, 2.05) is 4.90 Å². The standard InChI is InChI=1S/C13H24N2OS/c1-2-3-8-13(16)15(10-9-12(14)17)11-6-4-5-7-11/h11H,2-10H2,1H3,(H2,14,17). The first-order chi connectivity index (χ1) is 8.15. The summed E-state index contributed by atoms with van der Waals surface area (Å²) in [6.07, 6.45) is 8.16. The van der Waals surface area contributed by atoms with Crippen LogP contribution in [0.15, 0.2) is 0 Å². The Morgan fingerprint density at radius 2 is 2.00 bits per heavy atom. The maximum absolute atomic E-state index is 12.1. The van der Waals surface area contributed by atoms with Crippen LogP contribution < -0.4 is 5.73 Å². The Morgan fingerprint density at radius 1 is 1.35 bits per heavy atom. The van der Waals surface area contributed by atoms with Crippen LogP contribution in [0.3, 0.4) is 0 Å². The Kier molecular flexibility index (Phi) is 6.48. The van der Waals surface area contributed by atoms with E-state index in [1.165, 1.54) is 12.8 Å². The Bertz CT molecular complexity index is 262. The summed E-state index contributed by atoms with van der Waals surface area (Å²) in [4.78, 5) is 14.7. The van der Waals surface area contributed by atoms with Crippen molar-refractivity contribution < 1.29 is 4.79 Å². The summed E-state index contributed by atoms with van der Waals surface area (Å²) in [5, 5.41) is 0. The van der Waals surface area contributed by atoms with Crippen LogP contribution in [0.5, 0.6) is 0 Å². The quantitative estimate of drug-likeness (QED) is 0.712. The average Bonchev–Trinajstić information content (AvgIpc) is 2.79. The van der Waals surface area contributed by atoms with Gasteiger partial charge < -0.3 is 10.6 Å². The summed E-state index contributed by atoms with van der Waals surface area (Å²) >= 11 is 4.90. The molecule has 1 aliphatic rings. The largest absolute Gasteiger partial charge is 0.393 e. The van der Waals surface area contributed by atoms with E-state index in [1.54, 1.807) is 0 Å². The van der Waals surface area contributed by atoms with Crippen LogP contribution in [0, 0.1) is 0 Å². The van der Waals surface area contributed by atoms with Crippen molar-refractivity contribution in [2.24, 2.45) is 5.73 Å². The maximum Gasteiger partial charge on any atom is 0.222 e. The molecule has 4 heteroatoms. The highest BCUT2D eigenvalue weighted by molar-refractivity contribution is 7.80. The molecule has 0 aromatic heterocycles. The van der Waals surface area contributed by atoms with Crippen molar-refractivity contribution in [3.8, 4) is 0 Å². The van der Waals surface area contributed by atoms with Gasteiger partial charge in [0.15, 0.2) is 0 Å². The Balaban J connectivity index is 2.50. The van der Waals surface area contributed by atoms with Crippen LogP contribution in [0.1, 0.15) is 58.3 Å². The van der Waals surface area contributed by atoms with Crippen LogP contribution in [0.4, 0.5) is 0 Å². The zero-order valence-corrected chi connectivity index (χ0v) is 11.6. The molecule has 0 saturated heterocycles. The van der Waals surface area contributed by atoms with Gasteiger partial charge in [-0.3, -0.25) is 4.79 Å². The molecule has 0 aromatic rings. The minimum Gasteiger partial charge on any atom is -0.393 e. The van der Waals surface area contributed by atoms with Crippen LogP contribution in [-0.4, -0.2) is 28.4 Å². The third kappa shape index (κ3) is 5.02. The predicted octanol–water partition coefficient (Wildman–Crippen LogP) is 2.62. The first-order valence-corrected chi connectivity index (χ1v) is 7.13. The molecular formula is C13H24N2OS. The molecule has 0 spiro atoms. The van der Waals surface area contributed by atoms with Crippen molar-refractivity contribution in [2.45, 2.75) is 64.3 Å². The van der Waals surface area contributed by atoms with E-state index in [2.05, 4.69) is 6.92 Å². The third-order valence-corrected chi connectivity index (χ3v) is 3.63. The molecule has 0 radical (unpaired) electrons. The zero-order chi connectivity index (χ0) is 12.7. The Morgan fingerprint density at radius 3 is 2.53 bits per heavy atom. The summed E-state index contributed by atoms with van der Waals surface area (Å²) < 4.78 is 0. The predicted molar refractivity (Wildman–Crippen MR) is 74.9 cm³/mol. The number of carbonyl (C=O) groups excluding carboxylic acids is 1. The lowest BCUT2D eigenvalue weighted by atomic mass is 10.1. The van der Waals surface area contributed by atoms with Gasteiger partial charge in [0.1, 0.15) is 0 Å². The second-order valence-corrected chi connectivity index (χ2v) is 5.37. The van der Waals surface area contributed by atoms with Crippen molar-refractivity contribution in [1.82, 2.24) is 4.90 Å². The van der Waals surface area contributed by atoms with Gasteiger partial charge in [-0.2, -0.15) is 0 Å². The fourth-order valence-electron chi connectivity index (χ4n) is 2.43. The first-order valence-electron chi connectivity index (χ1n) is 6.73. The summed E-state index contributed by atoms with van der Waals surface area (Å²) in [7, 11) is 0. The van der Waals surface area contributed by atoms with E-state index in [9.17, 15) is 4.79 Å². The smallest absolute Gasteiger partial charge is 0.222 e. The van der Waals surface area contributed by atoms with E-state index in [-0.39, 0.29) is 5.91 Å². The molecule has 0 bridgehead atoms. The molecule has 3 nitrogen and oxygen atoms in total. The molecule has 1 rings (SSSR count). The summed E-state index contributed by atoms with van der Waals surface area (Å²) in [6, 6.07) is 0.439. The SMILES string of the molecule is CCCCC(=O)N(CCC(N)=S)C1CCCC1. The van der Waals surface area contributed by atoms with Gasteiger partial charge in [0.05, 0.1) is 4.99 Å². The molecule has 1 amide bonds. The van der Waals surface area contributed by atoms with Gasteiger partial charge in [0.2, 0.25) is 5.91 Å². The highest BCUT2D eigenvalue weighted by Crippen LogP contribution is 2.24. The number of rotatable bonds is 7. The van der Waals surface area contributed by atoms with Crippen LogP contribution in [0.25, 0.3) is 0 Å². The lowest BCUT2D eigenvalue weighted by Crippen LogP contribution is -2.40. The molecule has 0 atom stereocenters. The molecule has 1 saturated carbocycles. The molecule has 17 heavy (non-hydrogen) atoms. The maximum atomic E-state index is 12.1. The van der Waals surface area contributed by atoms with Gasteiger partial charge in [-0.05, 0) is 19.3 Å². The first kappa shape index (κ1) is 14.4. The number of amides is 1. The Labute approximate surface area is 110 Å². The summed E-state index contributed by atoms with van der Waals surface area (Å²) in [5.41, 5.74) is 5.53. The summed E-state index contributed by atoms with van der Waals surface area (Å²) in [6.45, 7) is 2.82. The van der Waals surface area contributed by atoms with Gasteiger partial charge in [0, 0.05) is 25.4 Å². The van der Waals surface area contributed by atoms with Crippen LogP contribution in [-0.2, 0) is 4.79 Å². The number of nitrogens with two attached hydrogens (primary N) is 1. The van der Waals surface area contributed by atoms with Gasteiger partial charge in [-0.1, -0.05) is 38.4 Å². The number of unbranched alkanes of at least 4 members (excludes halogenated alkanes) is 1. The lowest BCUT2D eigenvalue weighted by molar-refractivity contribution is -0.133. The molecule has 98 valence electrons. The number of hydrogen-bond acceptors (Lipinski definition) is 2. The number of thiocarbonyl (C=S) groups is 1. The van der Waals surface area contributed by atoms with Crippen LogP contribution in [0.2, 0.25) is 0 Å². The third-order valence-electron chi connectivity index (χ3n) is 3.43. The molecular weight excluding hydrogens is 232 g/mol. The van der Waals surface area contributed by atoms with Crippen molar-refractivity contribution in [3.05, 3.63) is 0 Å². The zero-order valence-electron chi connectivity index (χ0n) is 10.8. The van der Waals surface area contributed by atoms with Gasteiger partial charge >= 0.3 is 0 Å². The average molecular weight is 256 g/mol. The fourth-order valence-corrected chi connectivity index (χ4v) is 2.52. The lowest BCUT2D eigenvalue weighted by Gasteiger charge is -2.29. The minimum atomic E-state index is 0.287. The van der Waals surface area contributed by atoms with Gasteiger partial charge in [0.25, 0.3) is 0 Å². The highest BCUT2D eigenvalue weighted by atomic mass is 32.1. The monoisotopic (exact) mass is 256 g/mol. The topological polar surface area (TPSA) is 46.3 Å². The molecule has 1 aliphatic carbocycles. The number of nitrogens with zero attached hydrogens (tertiary/aromatic N) is 1. The van der Waals surface area contributed by atoms with Crippen LogP contribution >= 0.6 is 12.2 Å². The number of carbonyl (C=O) groups is 1. The molecule has 0 aliphatic heterocycles. The van der Waals surface area contributed by atoms with Gasteiger partial charge in [-0.15, -0.1) is 0 Å². The molecule has 0 aromatic carbocycles. The number of hydrogen-bond donors (Lipinski definition) is 1. The van der Waals surface area contributed by atoms with Crippen molar-refractivity contribution >= 4 is 23.1 Å². The second kappa shape index (κ2) is 7.64. The molecule has 1 fully saturated rings. The molecule has 0 unspecified atom stereocenters. The highest BCUT2D eigenvalue weighted by Gasteiger charge is 2.25. The van der Waals surface area contributed by atoms with Crippen molar-refractivity contribution in [3.63, 3.8) is 0 Å². The van der Waals surface area contributed by atoms with E-state index in [0.29, 0.717) is 30.4 Å². The Hall–Kier alpha value is -0.640. The van der Waals surface area contributed by atoms with E-state index in [0.717, 1.165) is 25.7 Å². The van der Waals surface area contributed by atoms with Crippen molar-refractivity contribution in [1.29, 1.82) is 0 Å². The van der Waals surface area contributed by atoms with E-state index < -0.39 is 0 Å². The van der Waals surface area contributed by atoms with E-state index >= 15 is 0 Å². The van der Waals surface area contributed by atoms with E-state index in [4.69, 9.17) is 18.0 Å². The van der Waals surface area contributed by atoms with Crippen molar-refractivity contribution in [2.75, 3.05) is 6.54 Å².